The lowest BCUT2D eigenvalue weighted by Gasteiger charge is -2.36. The van der Waals surface area contributed by atoms with E-state index < -0.39 is 28.0 Å². The van der Waals surface area contributed by atoms with Crippen molar-refractivity contribution in [1.82, 2.24) is 9.21 Å². The van der Waals surface area contributed by atoms with Crippen molar-refractivity contribution in [3.63, 3.8) is 0 Å². The Labute approximate surface area is 175 Å². The van der Waals surface area contributed by atoms with E-state index in [1.165, 1.54) is 15.6 Å². The molecule has 8 nitrogen and oxygen atoms in total. The molecule has 1 aromatic rings. The molecule has 0 saturated carbocycles. The van der Waals surface area contributed by atoms with Gasteiger partial charge in [0.2, 0.25) is 0 Å². The van der Waals surface area contributed by atoms with Crippen LogP contribution in [0.1, 0.15) is 33.6 Å². The summed E-state index contributed by atoms with van der Waals surface area (Å²) in [4.78, 5) is 26.8. The first kappa shape index (κ1) is 22.2. The van der Waals surface area contributed by atoms with Gasteiger partial charge in [-0.3, -0.25) is 9.59 Å². The van der Waals surface area contributed by atoms with E-state index in [9.17, 15) is 18.0 Å². The quantitative estimate of drug-likeness (QED) is 0.642. The van der Waals surface area contributed by atoms with Gasteiger partial charge in [-0.25, -0.2) is 8.42 Å². The Morgan fingerprint density at radius 1 is 1.21 bits per heavy atom. The number of hydrogen-bond acceptors (Lipinski definition) is 7. The number of hydrogen-bond donors (Lipinski definition) is 0. The fourth-order valence-electron chi connectivity index (χ4n) is 3.81. The SMILES string of the molecule is CC1CN(C(=O)C(C)OC(=O)C2CCN(S(=O)(=O)c3cccs3)CC2)CC(C)O1. The van der Waals surface area contributed by atoms with Crippen molar-refractivity contribution >= 4 is 33.2 Å². The number of carbonyl (C=O) groups excluding carboxylic acids is 2. The van der Waals surface area contributed by atoms with Gasteiger partial charge in [-0.15, -0.1) is 11.3 Å². The van der Waals surface area contributed by atoms with Crippen molar-refractivity contribution in [2.45, 2.75) is 56.1 Å². The zero-order chi connectivity index (χ0) is 21.2. The summed E-state index contributed by atoms with van der Waals surface area (Å²) in [7, 11) is -3.50. The second-order valence-corrected chi connectivity index (χ2v) is 10.8. The summed E-state index contributed by atoms with van der Waals surface area (Å²) in [6.07, 6.45) is -0.209. The summed E-state index contributed by atoms with van der Waals surface area (Å²) in [5.41, 5.74) is 0. The molecule has 0 bridgehead atoms. The van der Waals surface area contributed by atoms with Gasteiger partial charge < -0.3 is 14.4 Å². The van der Waals surface area contributed by atoms with Crippen LogP contribution in [0.25, 0.3) is 0 Å². The van der Waals surface area contributed by atoms with Crippen LogP contribution < -0.4 is 0 Å². The van der Waals surface area contributed by atoms with Gasteiger partial charge in [0.1, 0.15) is 4.21 Å². The molecular formula is C19H28N2O6S2. The van der Waals surface area contributed by atoms with Gasteiger partial charge in [-0.05, 0) is 45.1 Å². The highest BCUT2D eigenvalue weighted by Crippen LogP contribution is 2.27. The Hall–Kier alpha value is -1.49. The Balaban J connectivity index is 1.51. The summed E-state index contributed by atoms with van der Waals surface area (Å²) in [6.45, 7) is 6.88. The smallest absolute Gasteiger partial charge is 0.309 e. The molecule has 0 radical (unpaired) electrons. The van der Waals surface area contributed by atoms with Crippen LogP contribution in [0.15, 0.2) is 21.7 Å². The topological polar surface area (TPSA) is 93.2 Å². The first-order chi connectivity index (χ1) is 13.7. The molecule has 29 heavy (non-hydrogen) atoms. The molecule has 10 heteroatoms. The minimum absolute atomic E-state index is 0.0553. The minimum atomic E-state index is -3.50. The van der Waals surface area contributed by atoms with E-state index in [0.29, 0.717) is 30.1 Å². The molecule has 2 aliphatic heterocycles. The second-order valence-electron chi connectivity index (χ2n) is 7.69. The van der Waals surface area contributed by atoms with Crippen LogP contribution in [0.5, 0.6) is 0 Å². The molecular weight excluding hydrogens is 416 g/mol. The van der Waals surface area contributed by atoms with Crippen LogP contribution in [-0.4, -0.2) is 74.0 Å². The van der Waals surface area contributed by atoms with E-state index >= 15 is 0 Å². The van der Waals surface area contributed by atoms with Crippen LogP contribution in [0.2, 0.25) is 0 Å². The van der Waals surface area contributed by atoms with Crippen molar-refractivity contribution in [3.8, 4) is 0 Å². The number of sulfonamides is 1. The van der Waals surface area contributed by atoms with E-state index in [1.54, 1.807) is 29.3 Å². The highest BCUT2D eigenvalue weighted by Gasteiger charge is 2.35. The van der Waals surface area contributed by atoms with Gasteiger partial charge in [-0.2, -0.15) is 4.31 Å². The molecule has 0 N–H and O–H groups in total. The van der Waals surface area contributed by atoms with Crippen molar-refractivity contribution in [1.29, 1.82) is 0 Å². The van der Waals surface area contributed by atoms with Crippen molar-refractivity contribution in [2.24, 2.45) is 5.92 Å². The van der Waals surface area contributed by atoms with Gasteiger partial charge in [0.25, 0.3) is 15.9 Å². The fourth-order valence-corrected chi connectivity index (χ4v) is 6.42. The molecule has 162 valence electrons. The van der Waals surface area contributed by atoms with E-state index in [-0.39, 0.29) is 31.2 Å². The first-order valence-electron chi connectivity index (χ1n) is 9.87. The van der Waals surface area contributed by atoms with Crippen LogP contribution in [0, 0.1) is 5.92 Å². The van der Waals surface area contributed by atoms with Gasteiger partial charge >= 0.3 is 5.97 Å². The molecule has 1 aromatic heterocycles. The average molecular weight is 445 g/mol. The predicted molar refractivity (Wildman–Crippen MR) is 108 cm³/mol. The average Bonchev–Trinajstić information content (AvgIpc) is 3.22. The molecule has 3 heterocycles. The number of morpholine rings is 1. The maximum Gasteiger partial charge on any atom is 0.309 e. The summed E-state index contributed by atoms with van der Waals surface area (Å²) < 4.78 is 37.9. The molecule has 2 saturated heterocycles. The summed E-state index contributed by atoms with van der Waals surface area (Å²) >= 11 is 1.18. The van der Waals surface area contributed by atoms with Gasteiger partial charge in [0.05, 0.1) is 18.1 Å². The van der Waals surface area contributed by atoms with Crippen LogP contribution in [0.3, 0.4) is 0 Å². The van der Waals surface area contributed by atoms with Gasteiger partial charge in [0.15, 0.2) is 6.10 Å². The maximum absolute atomic E-state index is 12.6. The summed E-state index contributed by atoms with van der Waals surface area (Å²) in [5.74, 6) is -1.06. The van der Waals surface area contributed by atoms with Crippen molar-refractivity contribution in [2.75, 3.05) is 26.2 Å². The van der Waals surface area contributed by atoms with E-state index in [0.717, 1.165) is 0 Å². The van der Waals surface area contributed by atoms with E-state index in [1.807, 2.05) is 13.8 Å². The highest BCUT2D eigenvalue weighted by molar-refractivity contribution is 7.91. The maximum atomic E-state index is 12.6. The molecule has 2 aliphatic rings. The second kappa shape index (κ2) is 9.11. The summed E-state index contributed by atoms with van der Waals surface area (Å²) in [6, 6.07) is 3.29. The molecule has 0 aliphatic carbocycles. The third kappa shape index (κ3) is 5.17. The molecule has 1 amide bonds. The largest absolute Gasteiger partial charge is 0.452 e. The minimum Gasteiger partial charge on any atom is -0.452 e. The number of ether oxygens (including phenoxy) is 2. The molecule has 3 unspecified atom stereocenters. The number of carbonyl (C=O) groups is 2. The molecule has 0 aromatic carbocycles. The zero-order valence-corrected chi connectivity index (χ0v) is 18.6. The predicted octanol–water partition coefficient (Wildman–Crippen LogP) is 1.72. The molecule has 3 atom stereocenters. The van der Waals surface area contributed by atoms with Crippen LogP contribution in [-0.2, 0) is 29.1 Å². The van der Waals surface area contributed by atoms with Gasteiger partial charge in [0, 0.05) is 26.2 Å². The monoisotopic (exact) mass is 444 g/mol. The zero-order valence-electron chi connectivity index (χ0n) is 16.9. The van der Waals surface area contributed by atoms with E-state index in [4.69, 9.17) is 9.47 Å². The Morgan fingerprint density at radius 3 is 2.38 bits per heavy atom. The molecule has 2 fully saturated rings. The standard InChI is InChI=1S/C19H28N2O6S2/c1-13-11-20(12-14(2)26-13)18(22)15(3)27-19(23)16-6-8-21(9-7-16)29(24,25)17-5-4-10-28-17/h4-5,10,13-16H,6-9,11-12H2,1-3H3. The van der Waals surface area contributed by atoms with Crippen molar-refractivity contribution in [3.05, 3.63) is 17.5 Å². The van der Waals surface area contributed by atoms with E-state index in [2.05, 4.69) is 0 Å². The lowest BCUT2D eigenvalue weighted by Crippen LogP contribution is -2.51. The Morgan fingerprint density at radius 2 is 1.83 bits per heavy atom. The van der Waals surface area contributed by atoms with Crippen molar-refractivity contribution < 1.29 is 27.5 Å². The number of amides is 1. The summed E-state index contributed by atoms with van der Waals surface area (Å²) in [5, 5.41) is 1.73. The van der Waals surface area contributed by atoms with Crippen LogP contribution in [0.4, 0.5) is 0 Å². The molecule has 0 spiro atoms. The van der Waals surface area contributed by atoms with Gasteiger partial charge in [-0.1, -0.05) is 6.07 Å². The third-order valence-corrected chi connectivity index (χ3v) is 8.52. The number of thiophene rings is 1. The lowest BCUT2D eigenvalue weighted by molar-refractivity contribution is -0.167. The Kier molecular flexibility index (Phi) is 6.98. The third-order valence-electron chi connectivity index (χ3n) is 5.25. The normalized spacial score (nSPS) is 25.6. The first-order valence-corrected chi connectivity index (χ1v) is 12.2. The Bertz CT molecular complexity index is 808. The van der Waals surface area contributed by atoms with Crippen LogP contribution >= 0.6 is 11.3 Å². The fraction of sp³-hybridized carbons (Fsp3) is 0.684. The number of rotatable bonds is 5. The molecule has 3 rings (SSSR count). The number of nitrogens with zero attached hydrogens (tertiary/aromatic N) is 2. The number of piperidine rings is 1. The lowest BCUT2D eigenvalue weighted by atomic mass is 9.98. The highest BCUT2D eigenvalue weighted by atomic mass is 32.2. The number of esters is 1.